The van der Waals surface area contributed by atoms with Crippen LogP contribution < -0.4 is 5.32 Å². The Balaban J connectivity index is 0. The molecule has 0 heterocycles. The second kappa shape index (κ2) is 20.9. The predicted molar refractivity (Wildman–Crippen MR) is 99.7 cm³/mol. The molecule has 0 saturated heterocycles. The van der Waals surface area contributed by atoms with E-state index in [0.717, 1.165) is 12.8 Å². The van der Waals surface area contributed by atoms with Gasteiger partial charge in [-0.3, -0.25) is 4.18 Å². The third kappa shape index (κ3) is 29.8. The molecule has 0 aromatic heterocycles. The average molecular weight is 368 g/mol. The van der Waals surface area contributed by atoms with Crippen molar-refractivity contribution in [3.63, 3.8) is 0 Å². The van der Waals surface area contributed by atoms with E-state index in [1.807, 2.05) is 0 Å². The summed E-state index contributed by atoms with van der Waals surface area (Å²) in [4.78, 5) is 0. The summed E-state index contributed by atoms with van der Waals surface area (Å²) in [5.74, 6) is 0. The zero-order chi connectivity index (χ0) is 18.5. The average Bonchev–Trinajstić information content (AvgIpc) is 2.52. The molecule has 0 unspecified atom stereocenters. The van der Waals surface area contributed by atoms with E-state index in [-0.39, 0.29) is 6.61 Å². The van der Waals surface area contributed by atoms with E-state index in [1.165, 1.54) is 70.9 Å². The monoisotopic (exact) mass is 367 g/mol. The van der Waals surface area contributed by atoms with E-state index in [4.69, 9.17) is 0 Å². The van der Waals surface area contributed by atoms with Gasteiger partial charge in [0.25, 0.3) is 0 Å². The Kier molecular flexibility index (Phi) is 22.7. The predicted octanol–water partition coefficient (Wildman–Crippen LogP) is 3.75. The van der Waals surface area contributed by atoms with Gasteiger partial charge in [-0.15, -0.1) is 0 Å². The highest BCUT2D eigenvalue weighted by Gasteiger charge is 1.96. The highest BCUT2D eigenvalue weighted by molar-refractivity contribution is 7.80. The van der Waals surface area contributed by atoms with Crippen molar-refractivity contribution in [1.82, 2.24) is 0 Å². The van der Waals surface area contributed by atoms with Crippen molar-refractivity contribution in [2.24, 2.45) is 0 Å². The summed E-state index contributed by atoms with van der Waals surface area (Å²) in [5, 5.41) is 2.25. The van der Waals surface area contributed by atoms with Crippen molar-refractivity contribution >= 4 is 10.4 Å². The maximum atomic E-state index is 10.2. The zero-order valence-corrected chi connectivity index (χ0v) is 17.0. The largest absolute Gasteiger partial charge is 0.726 e. The lowest BCUT2D eigenvalue weighted by molar-refractivity contribution is -0.648. The van der Waals surface area contributed by atoms with Crippen LogP contribution >= 0.6 is 0 Å². The van der Waals surface area contributed by atoms with Gasteiger partial charge in [0.1, 0.15) is 0 Å². The molecule has 0 amide bonds. The Morgan fingerprint density at radius 2 is 1.08 bits per heavy atom. The number of hydrogen-bond donors (Lipinski definition) is 1. The molecule has 2 N–H and O–H groups in total. The van der Waals surface area contributed by atoms with Gasteiger partial charge in [-0.25, -0.2) is 8.42 Å². The van der Waals surface area contributed by atoms with Gasteiger partial charge in [0.05, 0.1) is 19.7 Å². The first-order valence-electron chi connectivity index (χ1n) is 9.89. The minimum absolute atomic E-state index is 0.0310. The molecule has 0 aromatic rings. The first kappa shape index (κ1) is 26.1. The lowest BCUT2D eigenvalue weighted by Gasteiger charge is -2.07. The van der Waals surface area contributed by atoms with Crippen LogP contribution in [0, 0.1) is 0 Å². The number of hydrogen-bond acceptors (Lipinski definition) is 4. The Morgan fingerprint density at radius 3 is 1.38 bits per heavy atom. The molecule has 0 bridgehead atoms. The maximum absolute atomic E-state index is 10.2. The lowest BCUT2D eigenvalue weighted by Crippen LogP contribution is -2.82. The third-order valence-electron chi connectivity index (χ3n) is 3.80. The van der Waals surface area contributed by atoms with Crippen LogP contribution in [0.1, 0.15) is 97.8 Å². The molecule has 6 heteroatoms. The molecule has 0 radical (unpaired) electrons. The molecule has 0 spiro atoms. The number of rotatable bonds is 16. The second-order valence-electron chi connectivity index (χ2n) is 6.22. The van der Waals surface area contributed by atoms with E-state index in [0.29, 0.717) is 6.42 Å². The molecule has 0 aliphatic carbocycles. The van der Waals surface area contributed by atoms with Crippen LogP contribution in [0.25, 0.3) is 0 Å². The van der Waals surface area contributed by atoms with Gasteiger partial charge in [0, 0.05) is 0 Å². The molecule has 0 atom stereocenters. The maximum Gasteiger partial charge on any atom is 0.217 e. The summed E-state index contributed by atoms with van der Waals surface area (Å²) in [6, 6.07) is 0. The number of unbranched alkanes of at least 4 members (excludes halogenated alkanes) is 11. The second-order valence-corrected chi connectivity index (χ2v) is 7.28. The molecule has 24 heavy (non-hydrogen) atoms. The van der Waals surface area contributed by atoms with Crippen molar-refractivity contribution in [1.29, 1.82) is 0 Å². The van der Waals surface area contributed by atoms with E-state index in [2.05, 4.69) is 30.3 Å². The minimum atomic E-state index is -4.49. The standard InChI is InChI=1S/C14H30O4S.C4H11N/c1-2-3-4-5-6-7-8-9-10-11-12-13-14-18-19(15,16)17;1-3-5-4-2/h2-14H2,1H3,(H,15,16,17);5H,3-4H2,1-2H3. The molecule has 0 rings (SSSR count). The molecule has 0 saturated carbocycles. The van der Waals surface area contributed by atoms with Crippen LogP contribution in [0.2, 0.25) is 0 Å². The van der Waals surface area contributed by atoms with Gasteiger partial charge in [0.15, 0.2) is 0 Å². The van der Waals surface area contributed by atoms with Gasteiger partial charge in [-0.05, 0) is 20.3 Å². The summed E-state index contributed by atoms with van der Waals surface area (Å²) < 4.78 is 34.6. The van der Waals surface area contributed by atoms with Gasteiger partial charge < -0.3 is 9.87 Å². The summed E-state index contributed by atoms with van der Waals surface area (Å²) >= 11 is 0. The smallest absolute Gasteiger partial charge is 0.217 e. The SMILES string of the molecule is CCCCCCCCCCCCCCOS(=O)(=O)[O-].CC[NH2+]CC. The molecular weight excluding hydrogens is 326 g/mol. The molecule has 0 aliphatic rings. The van der Waals surface area contributed by atoms with Crippen molar-refractivity contribution in [3.8, 4) is 0 Å². The van der Waals surface area contributed by atoms with E-state index < -0.39 is 10.4 Å². The van der Waals surface area contributed by atoms with Crippen LogP contribution in [0.5, 0.6) is 0 Å². The molecule has 148 valence electrons. The fourth-order valence-corrected chi connectivity index (χ4v) is 2.71. The molecule has 5 nitrogen and oxygen atoms in total. The Hall–Kier alpha value is -0.170. The van der Waals surface area contributed by atoms with Crippen molar-refractivity contribution in [3.05, 3.63) is 0 Å². The van der Waals surface area contributed by atoms with Crippen LogP contribution in [-0.2, 0) is 14.6 Å². The van der Waals surface area contributed by atoms with Crippen molar-refractivity contribution in [2.45, 2.75) is 97.8 Å². The first-order chi connectivity index (χ1) is 11.5. The zero-order valence-electron chi connectivity index (χ0n) is 16.2. The van der Waals surface area contributed by atoms with E-state index >= 15 is 0 Å². The van der Waals surface area contributed by atoms with Crippen LogP contribution in [0.15, 0.2) is 0 Å². The first-order valence-corrected chi connectivity index (χ1v) is 11.2. The topological polar surface area (TPSA) is 83.0 Å². The Labute approximate surface area is 150 Å². The normalized spacial score (nSPS) is 11.2. The van der Waals surface area contributed by atoms with Gasteiger partial charge in [0.2, 0.25) is 10.4 Å². The fraction of sp³-hybridized carbons (Fsp3) is 1.00. The summed E-state index contributed by atoms with van der Waals surface area (Å²) in [7, 11) is -4.49. The molecule has 0 aliphatic heterocycles. The van der Waals surface area contributed by atoms with Gasteiger partial charge in [-0.2, -0.15) is 0 Å². The van der Waals surface area contributed by atoms with Crippen molar-refractivity contribution < 1.29 is 22.5 Å². The highest BCUT2D eigenvalue weighted by atomic mass is 32.3. The third-order valence-corrected chi connectivity index (χ3v) is 4.26. The Bertz CT molecular complexity index is 319. The van der Waals surface area contributed by atoms with Crippen molar-refractivity contribution in [2.75, 3.05) is 19.7 Å². The van der Waals surface area contributed by atoms with Crippen LogP contribution in [-0.4, -0.2) is 32.7 Å². The fourth-order valence-electron chi connectivity index (χ4n) is 2.39. The highest BCUT2D eigenvalue weighted by Crippen LogP contribution is 2.11. The molecule has 0 fully saturated rings. The Morgan fingerprint density at radius 1 is 0.708 bits per heavy atom. The van der Waals surface area contributed by atoms with E-state index in [1.54, 1.807) is 0 Å². The molecule has 0 aromatic carbocycles. The van der Waals surface area contributed by atoms with E-state index in [9.17, 15) is 13.0 Å². The summed E-state index contributed by atoms with van der Waals surface area (Å²) in [6.45, 7) is 9.01. The van der Waals surface area contributed by atoms with Crippen LogP contribution in [0.3, 0.4) is 0 Å². The van der Waals surface area contributed by atoms with Crippen LogP contribution in [0.4, 0.5) is 0 Å². The summed E-state index contributed by atoms with van der Waals surface area (Å²) in [5.41, 5.74) is 0. The lowest BCUT2D eigenvalue weighted by atomic mass is 10.1. The molecular formula is C18H41NO4S. The summed E-state index contributed by atoms with van der Waals surface area (Å²) in [6.07, 6.45) is 14.5. The quantitative estimate of drug-likeness (QED) is 0.256. The minimum Gasteiger partial charge on any atom is -0.726 e. The number of nitrogens with two attached hydrogens (primary N) is 1. The van der Waals surface area contributed by atoms with Gasteiger partial charge in [-0.1, -0.05) is 77.6 Å². The van der Waals surface area contributed by atoms with Gasteiger partial charge >= 0.3 is 0 Å². The number of quaternary nitrogens is 1.